The second-order valence-electron chi connectivity index (χ2n) is 4.71. The average Bonchev–Trinajstić information content (AvgIpc) is 2.45. The first-order valence-electron chi connectivity index (χ1n) is 6.49. The summed E-state index contributed by atoms with van der Waals surface area (Å²) in [5.74, 6) is 0.738. The number of phenolic OH excluding ortho intramolecular Hbond substituents is 3. The first-order chi connectivity index (χ1) is 10.0. The Morgan fingerprint density at radius 2 is 1.14 bits per heavy atom. The van der Waals surface area contributed by atoms with Gasteiger partial charge < -0.3 is 24.8 Å². The fraction of sp³-hybridized carbons (Fsp3) is 0.250. The number of hydrogen-bond donors (Lipinski definition) is 3. The zero-order valence-electron chi connectivity index (χ0n) is 12.0. The molecular formula is C16H18O5. The van der Waals surface area contributed by atoms with Crippen molar-refractivity contribution in [2.45, 2.75) is 12.8 Å². The van der Waals surface area contributed by atoms with Gasteiger partial charge in [0.15, 0.2) is 11.5 Å². The lowest BCUT2D eigenvalue weighted by molar-refractivity contribution is 0.339. The second kappa shape index (κ2) is 6.26. The summed E-state index contributed by atoms with van der Waals surface area (Å²) in [5.41, 5.74) is 1.74. The van der Waals surface area contributed by atoms with Crippen molar-refractivity contribution in [2.75, 3.05) is 14.2 Å². The zero-order chi connectivity index (χ0) is 15.4. The third-order valence-electron chi connectivity index (χ3n) is 3.20. The summed E-state index contributed by atoms with van der Waals surface area (Å²) in [7, 11) is 2.96. The number of methoxy groups -OCH3 is 2. The Labute approximate surface area is 123 Å². The summed E-state index contributed by atoms with van der Waals surface area (Å²) in [4.78, 5) is 0. The maximum absolute atomic E-state index is 9.86. The minimum absolute atomic E-state index is 0.0289. The molecule has 2 aromatic carbocycles. The number of aromatic hydroxyl groups is 3. The van der Waals surface area contributed by atoms with Crippen molar-refractivity contribution < 1.29 is 24.8 Å². The van der Waals surface area contributed by atoms with Gasteiger partial charge >= 0.3 is 0 Å². The van der Waals surface area contributed by atoms with Crippen LogP contribution < -0.4 is 9.47 Å². The molecule has 5 nitrogen and oxygen atoms in total. The minimum Gasteiger partial charge on any atom is -0.508 e. The van der Waals surface area contributed by atoms with Gasteiger partial charge in [-0.25, -0.2) is 0 Å². The molecule has 0 heterocycles. The fourth-order valence-corrected chi connectivity index (χ4v) is 2.18. The standard InChI is InChI=1S/C16H18O5/c1-20-14-7-11(8-15(21-2)16(14)19)4-3-10-5-12(17)9-13(18)6-10/h5-9,17-19H,3-4H2,1-2H3. The molecule has 0 unspecified atom stereocenters. The van der Waals surface area contributed by atoms with Crippen LogP contribution in [0.2, 0.25) is 0 Å². The van der Waals surface area contributed by atoms with E-state index < -0.39 is 0 Å². The van der Waals surface area contributed by atoms with E-state index >= 15 is 0 Å². The average molecular weight is 290 g/mol. The molecule has 0 saturated heterocycles. The Bertz CT molecular complexity index is 591. The van der Waals surface area contributed by atoms with Gasteiger partial charge in [-0.3, -0.25) is 0 Å². The molecule has 5 heteroatoms. The quantitative estimate of drug-likeness (QED) is 0.789. The van der Waals surface area contributed by atoms with Crippen molar-refractivity contribution >= 4 is 0 Å². The smallest absolute Gasteiger partial charge is 0.200 e. The number of phenols is 3. The summed E-state index contributed by atoms with van der Waals surface area (Å²) in [6, 6.07) is 7.97. The van der Waals surface area contributed by atoms with Crippen LogP contribution in [0.1, 0.15) is 11.1 Å². The van der Waals surface area contributed by atoms with Gasteiger partial charge in [0, 0.05) is 6.07 Å². The topological polar surface area (TPSA) is 79.2 Å². The van der Waals surface area contributed by atoms with Crippen molar-refractivity contribution in [1.29, 1.82) is 0 Å². The fourth-order valence-electron chi connectivity index (χ4n) is 2.18. The highest BCUT2D eigenvalue weighted by molar-refractivity contribution is 5.53. The molecule has 0 saturated carbocycles. The van der Waals surface area contributed by atoms with Crippen LogP contribution in [0.5, 0.6) is 28.7 Å². The molecule has 0 spiro atoms. The maximum Gasteiger partial charge on any atom is 0.200 e. The third kappa shape index (κ3) is 3.51. The predicted molar refractivity (Wildman–Crippen MR) is 78.4 cm³/mol. The van der Waals surface area contributed by atoms with E-state index in [1.165, 1.54) is 20.3 Å². The monoisotopic (exact) mass is 290 g/mol. The highest BCUT2D eigenvalue weighted by Crippen LogP contribution is 2.37. The number of aryl methyl sites for hydroxylation is 2. The van der Waals surface area contributed by atoms with E-state index in [0.717, 1.165) is 11.1 Å². The first kappa shape index (κ1) is 14.8. The number of benzene rings is 2. The van der Waals surface area contributed by atoms with Crippen molar-refractivity contribution in [1.82, 2.24) is 0 Å². The van der Waals surface area contributed by atoms with Crippen molar-refractivity contribution in [3.05, 3.63) is 41.5 Å². The molecule has 112 valence electrons. The number of ether oxygens (including phenoxy) is 2. The van der Waals surface area contributed by atoms with Crippen molar-refractivity contribution in [3.8, 4) is 28.7 Å². The molecule has 2 rings (SSSR count). The van der Waals surface area contributed by atoms with E-state index in [4.69, 9.17) is 9.47 Å². The normalized spacial score (nSPS) is 10.4. The Morgan fingerprint density at radius 1 is 0.714 bits per heavy atom. The van der Waals surface area contributed by atoms with Gasteiger partial charge in [-0.15, -0.1) is 0 Å². The SMILES string of the molecule is COc1cc(CCc2cc(O)cc(O)c2)cc(OC)c1O. The summed E-state index contributed by atoms with van der Waals surface area (Å²) < 4.78 is 10.2. The molecule has 0 aliphatic rings. The molecule has 0 aliphatic carbocycles. The van der Waals surface area contributed by atoms with Gasteiger partial charge in [0.25, 0.3) is 0 Å². The highest BCUT2D eigenvalue weighted by atomic mass is 16.5. The summed E-state index contributed by atoms with van der Waals surface area (Å²) in [5, 5.41) is 28.8. The third-order valence-corrected chi connectivity index (χ3v) is 3.20. The first-order valence-corrected chi connectivity index (χ1v) is 6.49. The maximum atomic E-state index is 9.86. The molecule has 2 aromatic rings. The molecule has 0 fully saturated rings. The van der Waals surface area contributed by atoms with Crippen LogP contribution in [0, 0.1) is 0 Å². The van der Waals surface area contributed by atoms with Gasteiger partial charge in [0.1, 0.15) is 11.5 Å². The van der Waals surface area contributed by atoms with E-state index in [1.807, 2.05) is 0 Å². The molecule has 0 bridgehead atoms. The van der Waals surface area contributed by atoms with E-state index in [9.17, 15) is 15.3 Å². The van der Waals surface area contributed by atoms with Gasteiger partial charge in [0.05, 0.1) is 14.2 Å². The molecule has 0 aliphatic heterocycles. The van der Waals surface area contributed by atoms with Crippen LogP contribution >= 0.6 is 0 Å². The van der Waals surface area contributed by atoms with Crippen LogP contribution in [0.15, 0.2) is 30.3 Å². The predicted octanol–water partition coefficient (Wildman–Crippen LogP) is 2.61. The Hall–Kier alpha value is -2.56. The van der Waals surface area contributed by atoms with Crippen LogP contribution in [0.3, 0.4) is 0 Å². The molecule has 3 N–H and O–H groups in total. The molecule has 0 radical (unpaired) electrons. The van der Waals surface area contributed by atoms with E-state index in [0.29, 0.717) is 24.3 Å². The van der Waals surface area contributed by atoms with Gasteiger partial charge in [0.2, 0.25) is 5.75 Å². The lowest BCUT2D eigenvalue weighted by Crippen LogP contribution is -1.95. The van der Waals surface area contributed by atoms with Gasteiger partial charge in [-0.2, -0.15) is 0 Å². The number of hydrogen-bond acceptors (Lipinski definition) is 5. The molecule has 0 atom stereocenters. The van der Waals surface area contributed by atoms with Crippen LogP contribution in [0.25, 0.3) is 0 Å². The lowest BCUT2D eigenvalue weighted by atomic mass is 10.0. The lowest BCUT2D eigenvalue weighted by Gasteiger charge is -2.11. The van der Waals surface area contributed by atoms with Gasteiger partial charge in [-0.1, -0.05) is 0 Å². The largest absolute Gasteiger partial charge is 0.508 e. The number of rotatable bonds is 5. The highest BCUT2D eigenvalue weighted by Gasteiger charge is 2.11. The summed E-state index contributed by atoms with van der Waals surface area (Å²) in [6.07, 6.45) is 1.27. The molecule has 0 amide bonds. The van der Waals surface area contributed by atoms with E-state index in [-0.39, 0.29) is 17.2 Å². The second-order valence-corrected chi connectivity index (χ2v) is 4.71. The molecule has 0 aromatic heterocycles. The van der Waals surface area contributed by atoms with Crippen LogP contribution in [-0.2, 0) is 12.8 Å². The van der Waals surface area contributed by atoms with Gasteiger partial charge in [-0.05, 0) is 48.2 Å². The van der Waals surface area contributed by atoms with Crippen molar-refractivity contribution in [2.24, 2.45) is 0 Å². The van der Waals surface area contributed by atoms with Crippen LogP contribution in [0.4, 0.5) is 0 Å². The molecule has 21 heavy (non-hydrogen) atoms. The summed E-state index contributed by atoms with van der Waals surface area (Å²) >= 11 is 0. The Morgan fingerprint density at radius 3 is 1.57 bits per heavy atom. The van der Waals surface area contributed by atoms with E-state index in [2.05, 4.69) is 0 Å². The van der Waals surface area contributed by atoms with Crippen LogP contribution in [-0.4, -0.2) is 29.5 Å². The summed E-state index contributed by atoms with van der Waals surface area (Å²) in [6.45, 7) is 0. The Kier molecular flexibility index (Phi) is 4.42. The van der Waals surface area contributed by atoms with Crippen molar-refractivity contribution in [3.63, 3.8) is 0 Å². The Balaban J connectivity index is 2.19. The molecular weight excluding hydrogens is 272 g/mol. The minimum atomic E-state index is -0.0289. The zero-order valence-corrected chi connectivity index (χ0v) is 12.0. The van der Waals surface area contributed by atoms with E-state index in [1.54, 1.807) is 24.3 Å².